The van der Waals surface area contributed by atoms with Crippen LogP contribution in [-0.2, 0) is 4.74 Å². The third-order valence-corrected chi connectivity index (χ3v) is 4.61. The van der Waals surface area contributed by atoms with E-state index < -0.39 is 11.6 Å². The van der Waals surface area contributed by atoms with Crippen LogP contribution in [0.1, 0.15) is 33.6 Å². The van der Waals surface area contributed by atoms with Crippen LogP contribution in [0.2, 0.25) is 0 Å². The van der Waals surface area contributed by atoms with Gasteiger partial charge in [0.05, 0.1) is 12.6 Å². The molecule has 7 heteroatoms. The molecule has 0 aromatic heterocycles. The number of hydrogen-bond acceptors (Lipinski definition) is 3. The summed E-state index contributed by atoms with van der Waals surface area (Å²) in [7, 11) is 1.71. The van der Waals surface area contributed by atoms with Crippen molar-refractivity contribution in [1.29, 1.82) is 0 Å². The number of rotatable bonds is 6. The van der Waals surface area contributed by atoms with E-state index in [2.05, 4.69) is 36.4 Å². The molecule has 2 rings (SSSR count). The number of nitrogens with zero attached hydrogens (tertiary/aromatic N) is 1. The van der Waals surface area contributed by atoms with Crippen LogP contribution in [0.25, 0.3) is 0 Å². The first kappa shape index (κ1) is 21.4. The molecule has 1 heterocycles. The second-order valence-electron chi connectivity index (χ2n) is 7.86. The zero-order valence-electron chi connectivity index (χ0n) is 16.6. The van der Waals surface area contributed by atoms with E-state index in [4.69, 9.17) is 9.47 Å². The fraction of sp³-hybridized carbons (Fsp3) is 0.650. The zero-order chi connectivity index (χ0) is 19.9. The van der Waals surface area contributed by atoms with Crippen LogP contribution >= 0.6 is 0 Å². The summed E-state index contributed by atoms with van der Waals surface area (Å²) in [4.78, 5) is 4.22. The van der Waals surface area contributed by atoms with Crippen molar-refractivity contribution in [2.75, 3.05) is 33.4 Å². The minimum Gasteiger partial charge on any atom is -0.492 e. The van der Waals surface area contributed by atoms with Crippen molar-refractivity contribution in [3.8, 4) is 5.75 Å². The highest BCUT2D eigenvalue weighted by Crippen LogP contribution is 2.33. The second-order valence-corrected chi connectivity index (χ2v) is 7.86. The molecule has 2 N–H and O–H groups in total. The minimum absolute atomic E-state index is 0.0992. The van der Waals surface area contributed by atoms with E-state index in [1.165, 1.54) is 6.07 Å². The molecule has 0 bridgehead atoms. The van der Waals surface area contributed by atoms with Crippen LogP contribution in [-0.4, -0.2) is 45.4 Å². The highest BCUT2D eigenvalue weighted by Gasteiger charge is 2.35. The first-order valence-corrected chi connectivity index (χ1v) is 9.45. The van der Waals surface area contributed by atoms with Crippen molar-refractivity contribution >= 4 is 5.96 Å². The van der Waals surface area contributed by atoms with Crippen molar-refractivity contribution in [3.05, 3.63) is 29.8 Å². The maximum Gasteiger partial charge on any atom is 0.191 e. The molecule has 1 aliphatic heterocycles. The number of halogens is 2. The van der Waals surface area contributed by atoms with Crippen LogP contribution in [0.15, 0.2) is 23.2 Å². The molecule has 152 valence electrons. The van der Waals surface area contributed by atoms with Crippen LogP contribution in [0.5, 0.6) is 5.75 Å². The van der Waals surface area contributed by atoms with Gasteiger partial charge in [-0.3, -0.25) is 4.99 Å². The van der Waals surface area contributed by atoms with Gasteiger partial charge < -0.3 is 20.1 Å². The molecule has 0 amide bonds. The number of hydrogen-bond donors (Lipinski definition) is 2. The number of nitrogens with one attached hydrogen (secondary N) is 2. The van der Waals surface area contributed by atoms with Gasteiger partial charge in [-0.1, -0.05) is 20.8 Å². The summed E-state index contributed by atoms with van der Waals surface area (Å²) in [6.07, 6.45) is 2.42. The van der Waals surface area contributed by atoms with Crippen molar-refractivity contribution in [3.63, 3.8) is 0 Å². The van der Waals surface area contributed by atoms with Gasteiger partial charge in [0, 0.05) is 32.2 Å². The Labute approximate surface area is 160 Å². The molecule has 2 atom stereocenters. The summed E-state index contributed by atoms with van der Waals surface area (Å²) in [6, 6.07) is 3.50. The molecule has 1 saturated heterocycles. The van der Waals surface area contributed by atoms with E-state index in [-0.39, 0.29) is 11.5 Å². The largest absolute Gasteiger partial charge is 0.492 e. The molecule has 0 radical (unpaired) electrons. The topological polar surface area (TPSA) is 54.9 Å². The standard InChI is InChI=1S/C20H31F2N3O2/c1-20(2,3)18-14(6-5-10-27-18)13-25-19(23-4)24-9-11-26-15-7-8-16(21)17(22)12-15/h7-8,12,14,18H,5-6,9-11,13H2,1-4H3,(H2,23,24,25). The Morgan fingerprint density at radius 2 is 2.04 bits per heavy atom. The Morgan fingerprint density at radius 1 is 1.26 bits per heavy atom. The summed E-state index contributed by atoms with van der Waals surface area (Å²) < 4.78 is 37.5. The molecule has 1 fully saturated rings. The maximum atomic E-state index is 13.2. The lowest BCUT2D eigenvalue weighted by Gasteiger charge is -2.40. The molecule has 27 heavy (non-hydrogen) atoms. The third kappa shape index (κ3) is 6.65. The summed E-state index contributed by atoms with van der Waals surface area (Å²) in [5.41, 5.74) is 0.0992. The van der Waals surface area contributed by atoms with E-state index in [1.54, 1.807) is 7.05 Å². The van der Waals surface area contributed by atoms with Crippen LogP contribution in [0.4, 0.5) is 8.78 Å². The second kappa shape index (κ2) is 9.88. The molecule has 5 nitrogen and oxygen atoms in total. The van der Waals surface area contributed by atoms with Crippen molar-refractivity contribution in [2.45, 2.75) is 39.7 Å². The van der Waals surface area contributed by atoms with Crippen molar-refractivity contribution < 1.29 is 18.3 Å². The lowest BCUT2D eigenvalue weighted by molar-refractivity contribution is -0.0835. The molecular formula is C20H31F2N3O2. The molecular weight excluding hydrogens is 352 g/mol. The fourth-order valence-corrected chi connectivity index (χ4v) is 3.36. The lowest BCUT2D eigenvalue weighted by atomic mass is 9.78. The monoisotopic (exact) mass is 383 g/mol. The van der Waals surface area contributed by atoms with Crippen LogP contribution in [0.3, 0.4) is 0 Å². The number of guanidine groups is 1. The van der Waals surface area contributed by atoms with E-state index >= 15 is 0 Å². The number of benzene rings is 1. The summed E-state index contributed by atoms with van der Waals surface area (Å²) >= 11 is 0. The molecule has 1 aromatic rings. The molecule has 0 spiro atoms. The Kier molecular flexibility index (Phi) is 7.83. The summed E-state index contributed by atoms with van der Waals surface area (Å²) in [6.45, 7) is 9.03. The van der Waals surface area contributed by atoms with Gasteiger partial charge in [-0.05, 0) is 30.4 Å². The van der Waals surface area contributed by atoms with Gasteiger partial charge in [0.15, 0.2) is 17.6 Å². The molecule has 0 aliphatic carbocycles. The Morgan fingerprint density at radius 3 is 2.70 bits per heavy atom. The Bertz CT molecular complexity index is 632. The van der Waals surface area contributed by atoms with Crippen LogP contribution in [0, 0.1) is 23.0 Å². The maximum absolute atomic E-state index is 13.2. The SMILES string of the molecule is CN=C(NCCOc1ccc(F)c(F)c1)NCC1CCCOC1C(C)(C)C. The zero-order valence-corrected chi connectivity index (χ0v) is 16.6. The fourth-order valence-electron chi connectivity index (χ4n) is 3.36. The lowest BCUT2D eigenvalue weighted by Crippen LogP contribution is -2.48. The highest BCUT2D eigenvalue weighted by atomic mass is 19.2. The van der Waals surface area contributed by atoms with Gasteiger partial charge in [0.2, 0.25) is 0 Å². The van der Waals surface area contributed by atoms with Crippen molar-refractivity contribution in [1.82, 2.24) is 10.6 Å². The van der Waals surface area contributed by atoms with Gasteiger partial charge in [-0.2, -0.15) is 0 Å². The normalized spacial score (nSPS) is 21.0. The van der Waals surface area contributed by atoms with E-state index in [9.17, 15) is 8.78 Å². The minimum atomic E-state index is -0.916. The predicted octanol–water partition coefficient (Wildman–Crippen LogP) is 3.35. The first-order valence-electron chi connectivity index (χ1n) is 9.45. The van der Waals surface area contributed by atoms with Gasteiger partial charge in [-0.25, -0.2) is 8.78 Å². The first-order chi connectivity index (χ1) is 12.8. The third-order valence-electron chi connectivity index (χ3n) is 4.61. The number of aliphatic imine (C=N–C) groups is 1. The summed E-state index contributed by atoms with van der Waals surface area (Å²) in [5.74, 6) is -0.393. The van der Waals surface area contributed by atoms with E-state index in [1.807, 2.05) is 0 Å². The van der Waals surface area contributed by atoms with Gasteiger partial charge in [0.25, 0.3) is 0 Å². The molecule has 2 unspecified atom stereocenters. The quantitative estimate of drug-likeness (QED) is 0.449. The van der Waals surface area contributed by atoms with E-state index in [0.29, 0.717) is 30.8 Å². The van der Waals surface area contributed by atoms with Gasteiger partial charge in [0.1, 0.15) is 12.4 Å². The molecule has 0 saturated carbocycles. The molecule has 1 aliphatic rings. The Balaban J connectivity index is 1.74. The van der Waals surface area contributed by atoms with Crippen LogP contribution < -0.4 is 15.4 Å². The van der Waals surface area contributed by atoms with Gasteiger partial charge in [-0.15, -0.1) is 0 Å². The molecule has 1 aromatic carbocycles. The highest BCUT2D eigenvalue weighted by molar-refractivity contribution is 5.79. The smallest absolute Gasteiger partial charge is 0.191 e. The average Bonchev–Trinajstić information content (AvgIpc) is 2.63. The summed E-state index contributed by atoms with van der Waals surface area (Å²) in [5, 5.41) is 6.51. The van der Waals surface area contributed by atoms with Gasteiger partial charge >= 0.3 is 0 Å². The predicted molar refractivity (Wildman–Crippen MR) is 103 cm³/mol. The number of ether oxygens (including phenoxy) is 2. The van der Waals surface area contributed by atoms with E-state index in [0.717, 1.165) is 38.1 Å². The Hall–Kier alpha value is -1.89. The van der Waals surface area contributed by atoms with Crippen molar-refractivity contribution in [2.24, 2.45) is 16.3 Å². The average molecular weight is 383 g/mol.